The third-order valence-corrected chi connectivity index (χ3v) is 3.85. The summed E-state index contributed by atoms with van der Waals surface area (Å²) in [5.74, 6) is -2.28. The van der Waals surface area contributed by atoms with Crippen LogP contribution in [-0.2, 0) is 4.79 Å². The van der Waals surface area contributed by atoms with Crippen molar-refractivity contribution in [3.05, 3.63) is 69.7 Å². The number of hydrogen-bond donors (Lipinski definition) is 2. The van der Waals surface area contributed by atoms with Crippen LogP contribution in [0.25, 0.3) is 0 Å². The average molecular weight is 397 g/mol. The maximum absolute atomic E-state index is 13.7. The second kappa shape index (κ2) is 8.01. The molecule has 0 saturated heterocycles. The highest BCUT2D eigenvalue weighted by atomic mass is 79.9. The molecule has 4 nitrogen and oxygen atoms in total. The molecule has 0 aliphatic heterocycles. The van der Waals surface area contributed by atoms with Crippen LogP contribution >= 0.6 is 15.9 Å². The van der Waals surface area contributed by atoms with Gasteiger partial charge >= 0.3 is 0 Å². The third-order valence-electron chi connectivity index (χ3n) is 3.32. The van der Waals surface area contributed by atoms with Gasteiger partial charge in [0, 0.05) is 21.7 Å². The van der Waals surface area contributed by atoms with Crippen molar-refractivity contribution >= 4 is 27.7 Å². The van der Waals surface area contributed by atoms with E-state index in [4.69, 9.17) is 0 Å². The Bertz CT molecular complexity index is 751. The number of nitrogens with one attached hydrogen (secondary N) is 2. The molecule has 0 radical (unpaired) electrons. The molecule has 0 saturated carbocycles. The Labute approximate surface area is 146 Å². The van der Waals surface area contributed by atoms with Crippen LogP contribution in [0.5, 0.6) is 0 Å². The molecule has 0 fully saturated rings. The summed E-state index contributed by atoms with van der Waals surface area (Å²) in [6.45, 7) is 1.33. The summed E-state index contributed by atoms with van der Waals surface area (Å²) < 4.78 is 27.4. The number of rotatable bonds is 5. The standard InChI is InChI=1S/C17H15BrF2N2O2/c1-10(14-7-6-13(19)8-15(14)20)22-16(23)9-21-17(24)11-2-4-12(18)5-3-11/h2-8,10H,9H2,1H3,(H,21,24)(H,22,23)/t10-/m1/s1. The molecule has 0 aromatic heterocycles. The molecule has 2 N–H and O–H groups in total. The predicted octanol–water partition coefficient (Wildman–Crippen LogP) is 3.33. The number of carbonyl (C=O) groups is 2. The Kier molecular flexibility index (Phi) is 6.03. The smallest absolute Gasteiger partial charge is 0.251 e. The minimum absolute atomic E-state index is 0.170. The fourth-order valence-corrected chi connectivity index (χ4v) is 2.35. The van der Waals surface area contributed by atoms with Gasteiger partial charge in [-0.1, -0.05) is 22.0 Å². The first-order chi connectivity index (χ1) is 11.4. The molecular weight excluding hydrogens is 382 g/mol. The SMILES string of the molecule is C[C@@H](NC(=O)CNC(=O)c1ccc(Br)cc1)c1ccc(F)cc1F. The highest BCUT2D eigenvalue weighted by Crippen LogP contribution is 2.17. The number of amides is 2. The largest absolute Gasteiger partial charge is 0.348 e. The molecule has 1 atom stereocenters. The summed E-state index contributed by atoms with van der Waals surface area (Å²) in [5.41, 5.74) is 0.590. The first-order valence-electron chi connectivity index (χ1n) is 7.15. The minimum Gasteiger partial charge on any atom is -0.348 e. The number of hydrogen-bond acceptors (Lipinski definition) is 2. The van der Waals surface area contributed by atoms with E-state index in [2.05, 4.69) is 26.6 Å². The molecule has 24 heavy (non-hydrogen) atoms. The average Bonchev–Trinajstić information content (AvgIpc) is 2.53. The van der Waals surface area contributed by atoms with Gasteiger partial charge in [-0.15, -0.1) is 0 Å². The summed E-state index contributed by atoms with van der Waals surface area (Å²) in [4.78, 5) is 23.8. The molecule has 7 heteroatoms. The van der Waals surface area contributed by atoms with Gasteiger partial charge in [0.25, 0.3) is 5.91 Å². The van der Waals surface area contributed by atoms with Gasteiger partial charge in [0.2, 0.25) is 5.91 Å². The number of carbonyl (C=O) groups excluding carboxylic acids is 2. The third kappa shape index (κ3) is 4.86. The van der Waals surface area contributed by atoms with Gasteiger partial charge < -0.3 is 10.6 Å². The van der Waals surface area contributed by atoms with Crippen LogP contribution in [0.15, 0.2) is 46.9 Å². The van der Waals surface area contributed by atoms with Crippen molar-refractivity contribution in [3.63, 3.8) is 0 Å². The maximum atomic E-state index is 13.7. The summed E-state index contributed by atoms with van der Waals surface area (Å²) in [6, 6.07) is 9.17. The first-order valence-corrected chi connectivity index (χ1v) is 7.94. The fourth-order valence-electron chi connectivity index (χ4n) is 2.09. The van der Waals surface area contributed by atoms with Gasteiger partial charge in [0.15, 0.2) is 0 Å². The first kappa shape index (κ1) is 18.1. The van der Waals surface area contributed by atoms with Gasteiger partial charge in [-0.3, -0.25) is 9.59 Å². The number of benzene rings is 2. The molecule has 0 unspecified atom stereocenters. The Morgan fingerprint density at radius 2 is 1.79 bits per heavy atom. The normalized spacial score (nSPS) is 11.7. The summed E-state index contributed by atoms with van der Waals surface area (Å²) >= 11 is 3.27. The molecule has 126 valence electrons. The van der Waals surface area contributed by atoms with Crippen LogP contribution in [0.2, 0.25) is 0 Å². The topological polar surface area (TPSA) is 58.2 Å². The van der Waals surface area contributed by atoms with Crippen molar-refractivity contribution in [3.8, 4) is 0 Å². The van der Waals surface area contributed by atoms with Gasteiger partial charge in [-0.05, 0) is 37.3 Å². The van der Waals surface area contributed by atoms with Gasteiger partial charge in [-0.25, -0.2) is 8.78 Å². The summed E-state index contributed by atoms with van der Waals surface area (Å²) in [5, 5.41) is 5.03. The molecule has 0 aliphatic carbocycles. The quantitative estimate of drug-likeness (QED) is 0.814. The lowest BCUT2D eigenvalue weighted by Gasteiger charge is -2.15. The van der Waals surface area contributed by atoms with E-state index in [9.17, 15) is 18.4 Å². The zero-order chi connectivity index (χ0) is 17.7. The van der Waals surface area contributed by atoms with Crippen molar-refractivity contribution in [1.82, 2.24) is 10.6 Å². The van der Waals surface area contributed by atoms with Crippen molar-refractivity contribution < 1.29 is 18.4 Å². The van der Waals surface area contributed by atoms with Gasteiger partial charge in [0.1, 0.15) is 11.6 Å². The summed E-state index contributed by atoms with van der Waals surface area (Å²) in [6.07, 6.45) is 0. The fraction of sp³-hybridized carbons (Fsp3) is 0.176. The van der Waals surface area contributed by atoms with E-state index in [0.717, 1.165) is 16.6 Å². The van der Waals surface area contributed by atoms with E-state index >= 15 is 0 Å². The lowest BCUT2D eigenvalue weighted by atomic mass is 10.1. The lowest BCUT2D eigenvalue weighted by molar-refractivity contribution is -0.120. The van der Waals surface area contributed by atoms with Gasteiger partial charge in [0.05, 0.1) is 12.6 Å². The zero-order valence-corrected chi connectivity index (χ0v) is 14.4. The van der Waals surface area contributed by atoms with E-state index < -0.39 is 29.5 Å². The predicted molar refractivity (Wildman–Crippen MR) is 89.4 cm³/mol. The Morgan fingerprint density at radius 3 is 2.42 bits per heavy atom. The molecule has 0 bridgehead atoms. The van der Waals surface area contributed by atoms with Crippen LogP contribution in [0, 0.1) is 11.6 Å². The summed E-state index contributed by atoms with van der Waals surface area (Å²) in [7, 11) is 0. The molecule has 2 amide bonds. The van der Waals surface area contributed by atoms with E-state index in [1.165, 1.54) is 6.07 Å². The Morgan fingerprint density at radius 1 is 1.12 bits per heavy atom. The highest BCUT2D eigenvalue weighted by Gasteiger charge is 2.15. The van der Waals surface area contributed by atoms with Crippen molar-refractivity contribution in [2.45, 2.75) is 13.0 Å². The van der Waals surface area contributed by atoms with E-state index in [1.807, 2.05) is 0 Å². The number of halogens is 3. The second-order valence-electron chi connectivity index (χ2n) is 5.14. The maximum Gasteiger partial charge on any atom is 0.251 e. The Balaban J connectivity index is 1.88. The molecule has 0 spiro atoms. The van der Waals surface area contributed by atoms with Crippen LogP contribution in [0.3, 0.4) is 0 Å². The molecular formula is C17H15BrF2N2O2. The van der Waals surface area contributed by atoms with Crippen LogP contribution in [-0.4, -0.2) is 18.4 Å². The highest BCUT2D eigenvalue weighted by molar-refractivity contribution is 9.10. The van der Waals surface area contributed by atoms with Crippen molar-refractivity contribution in [2.24, 2.45) is 0 Å². The molecule has 2 rings (SSSR count). The van der Waals surface area contributed by atoms with E-state index in [-0.39, 0.29) is 12.1 Å². The second-order valence-corrected chi connectivity index (χ2v) is 6.06. The van der Waals surface area contributed by atoms with E-state index in [1.54, 1.807) is 31.2 Å². The van der Waals surface area contributed by atoms with Crippen LogP contribution in [0.1, 0.15) is 28.9 Å². The molecule has 2 aromatic carbocycles. The van der Waals surface area contributed by atoms with Crippen molar-refractivity contribution in [1.29, 1.82) is 0 Å². The van der Waals surface area contributed by atoms with Crippen molar-refractivity contribution in [2.75, 3.05) is 6.54 Å². The minimum atomic E-state index is -0.735. The van der Waals surface area contributed by atoms with Crippen LogP contribution < -0.4 is 10.6 Å². The lowest BCUT2D eigenvalue weighted by Crippen LogP contribution is -2.38. The molecule has 0 heterocycles. The molecule has 0 aliphatic rings. The zero-order valence-electron chi connectivity index (χ0n) is 12.8. The monoisotopic (exact) mass is 396 g/mol. The van der Waals surface area contributed by atoms with Gasteiger partial charge in [-0.2, -0.15) is 0 Å². The Hall–Kier alpha value is -2.28. The van der Waals surface area contributed by atoms with E-state index in [0.29, 0.717) is 5.56 Å². The van der Waals surface area contributed by atoms with Crippen LogP contribution in [0.4, 0.5) is 8.78 Å². The molecule has 2 aromatic rings.